The van der Waals surface area contributed by atoms with Gasteiger partial charge in [0, 0.05) is 20.0 Å². The molecular weight excluding hydrogens is 416 g/mol. The van der Waals surface area contributed by atoms with Crippen LogP contribution in [0.25, 0.3) is 0 Å². The molecule has 30 heavy (non-hydrogen) atoms. The fourth-order valence-corrected chi connectivity index (χ4v) is 3.93. The van der Waals surface area contributed by atoms with Crippen LogP contribution in [0.2, 0.25) is 0 Å². The van der Waals surface area contributed by atoms with Gasteiger partial charge in [-0.05, 0) is 26.0 Å². The number of hydrogen-bond acceptors (Lipinski definition) is 8. The van der Waals surface area contributed by atoms with E-state index in [2.05, 4.69) is 5.32 Å². The maximum absolute atomic E-state index is 13.0. The lowest BCUT2D eigenvalue weighted by atomic mass is 9.95. The zero-order valence-corrected chi connectivity index (χ0v) is 17.8. The second kappa shape index (κ2) is 9.35. The summed E-state index contributed by atoms with van der Waals surface area (Å²) in [7, 11) is -3.97. The maximum Gasteiger partial charge on any atom is 0.323 e. The van der Waals surface area contributed by atoms with E-state index < -0.39 is 44.9 Å². The summed E-state index contributed by atoms with van der Waals surface area (Å²) in [6, 6.07) is 5.94. The van der Waals surface area contributed by atoms with Crippen LogP contribution in [-0.4, -0.2) is 74.7 Å². The number of benzene rings is 1. The molecule has 2 amide bonds. The fraction of sp³-hybridized carbons (Fsp3) is 0.474. The van der Waals surface area contributed by atoms with E-state index >= 15 is 0 Å². The molecule has 0 saturated carbocycles. The number of Topliss-reactive ketones (excluding diaryl/α,β-unsaturated/α-hetero) is 1. The molecule has 2 rings (SSSR count). The summed E-state index contributed by atoms with van der Waals surface area (Å²) in [5.74, 6) is -5.33. The van der Waals surface area contributed by atoms with Crippen molar-refractivity contribution in [2.45, 2.75) is 31.3 Å². The Kier molecular flexibility index (Phi) is 7.32. The highest BCUT2D eigenvalue weighted by molar-refractivity contribution is 7.91. The van der Waals surface area contributed by atoms with Crippen molar-refractivity contribution in [3.05, 3.63) is 29.8 Å². The second-order valence-corrected chi connectivity index (χ2v) is 8.80. The predicted octanol–water partition coefficient (Wildman–Crippen LogP) is -0.408. The van der Waals surface area contributed by atoms with Crippen molar-refractivity contribution in [1.82, 2.24) is 10.2 Å². The number of nitrogens with zero attached hydrogens (tertiary/aromatic N) is 1. The first-order valence-electron chi connectivity index (χ1n) is 9.16. The van der Waals surface area contributed by atoms with Crippen molar-refractivity contribution in [3.63, 3.8) is 0 Å². The molecule has 1 aromatic rings. The van der Waals surface area contributed by atoms with E-state index in [9.17, 15) is 27.6 Å². The third-order valence-electron chi connectivity index (χ3n) is 4.51. The number of rotatable bonds is 7. The van der Waals surface area contributed by atoms with Crippen molar-refractivity contribution in [2.75, 3.05) is 32.2 Å². The first-order valence-corrected chi connectivity index (χ1v) is 10.8. The standard InChI is InChI=1S/C19H24N2O8S/c1-13-4-6-16(7-5-13)30(26,27)12-20-17(24)19(14(2)22,29-15(3)23)18(25)21-8-10-28-11-9-21/h4-7H,8-12H2,1-3H3,(H,20,24). The molecule has 1 aliphatic heterocycles. The van der Waals surface area contributed by atoms with Gasteiger partial charge in [-0.1, -0.05) is 17.7 Å². The Morgan fingerprint density at radius 3 is 2.17 bits per heavy atom. The first kappa shape index (κ1) is 23.5. The van der Waals surface area contributed by atoms with Gasteiger partial charge >= 0.3 is 11.6 Å². The van der Waals surface area contributed by atoms with Crippen molar-refractivity contribution in [3.8, 4) is 0 Å². The highest BCUT2D eigenvalue weighted by Gasteiger charge is 2.56. The van der Waals surface area contributed by atoms with Crippen LogP contribution in [0.3, 0.4) is 0 Å². The molecule has 1 aromatic carbocycles. The summed E-state index contributed by atoms with van der Waals surface area (Å²) in [6.45, 7) is 4.20. The van der Waals surface area contributed by atoms with E-state index in [1.54, 1.807) is 19.1 Å². The van der Waals surface area contributed by atoms with Crippen LogP contribution in [0.15, 0.2) is 29.2 Å². The molecule has 1 heterocycles. The summed E-state index contributed by atoms with van der Waals surface area (Å²) in [5, 5.41) is 2.08. The number of carbonyl (C=O) groups excluding carboxylic acids is 4. The fourth-order valence-electron chi connectivity index (χ4n) is 2.89. The summed E-state index contributed by atoms with van der Waals surface area (Å²) in [6.07, 6.45) is 0. The molecule has 164 valence electrons. The van der Waals surface area contributed by atoms with Crippen LogP contribution in [0.5, 0.6) is 0 Å². The topological polar surface area (TPSA) is 136 Å². The molecule has 10 nitrogen and oxygen atoms in total. The van der Waals surface area contributed by atoms with Gasteiger partial charge in [0.2, 0.25) is 0 Å². The van der Waals surface area contributed by atoms with Gasteiger partial charge in [-0.25, -0.2) is 8.42 Å². The third kappa shape index (κ3) is 5.03. The molecule has 1 aliphatic rings. The number of carbonyl (C=O) groups is 4. The van der Waals surface area contributed by atoms with Crippen LogP contribution in [-0.2, 0) is 38.5 Å². The number of amides is 2. The van der Waals surface area contributed by atoms with Crippen molar-refractivity contribution >= 4 is 33.4 Å². The largest absolute Gasteiger partial charge is 0.430 e. The van der Waals surface area contributed by atoms with Gasteiger partial charge in [0.25, 0.3) is 11.8 Å². The van der Waals surface area contributed by atoms with Crippen molar-refractivity contribution in [2.24, 2.45) is 0 Å². The number of ether oxygens (including phenoxy) is 2. The highest BCUT2D eigenvalue weighted by atomic mass is 32.2. The highest BCUT2D eigenvalue weighted by Crippen LogP contribution is 2.20. The Morgan fingerprint density at radius 1 is 1.10 bits per heavy atom. The molecule has 1 unspecified atom stereocenters. The normalized spacial score (nSPS) is 16.3. The average molecular weight is 440 g/mol. The third-order valence-corrected chi connectivity index (χ3v) is 6.03. The number of ketones is 1. The molecule has 1 N–H and O–H groups in total. The zero-order valence-electron chi connectivity index (χ0n) is 17.0. The van der Waals surface area contributed by atoms with E-state index in [1.807, 2.05) is 0 Å². The Balaban J connectivity index is 2.31. The number of morpholine rings is 1. The Hall–Kier alpha value is -2.79. The number of sulfone groups is 1. The lowest BCUT2D eigenvalue weighted by Crippen LogP contribution is -2.65. The maximum atomic E-state index is 13.0. The monoisotopic (exact) mass is 440 g/mol. The summed E-state index contributed by atoms with van der Waals surface area (Å²) in [4.78, 5) is 51.1. The van der Waals surface area contributed by atoms with E-state index in [0.29, 0.717) is 0 Å². The van der Waals surface area contributed by atoms with Gasteiger partial charge in [0.15, 0.2) is 15.6 Å². The molecule has 11 heteroatoms. The summed E-state index contributed by atoms with van der Waals surface area (Å²) < 4.78 is 35.1. The average Bonchev–Trinajstić information content (AvgIpc) is 2.70. The molecule has 1 atom stereocenters. The molecule has 1 fully saturated rings. The van der Waals surface area contributed by atoms with E-state index in [4.69, 9.17) is 9.47 Å². The van der Waals surface area contributed by atoms with Gasteiger partial charge < -0.3 is 19.7 Å². The van der Waals surface area contributed by atoms with Crippen LogP contribution in [0.1, 0.15) is 19.4 Å². The minimum atomic E-state index is -3.97. The van der Waals surface area contributed by atoms with E-state index in [1.165, 1.54) is 17.0 Å². The van der Waals surface area contributed by atoms with Gasteiger partial charge in [0.1, 0.15) is 5.88 Å². The molecule has 1 saturated heterocycles. The van der Waals surface area contributed by atoms with Gasteiger partial charge in [-0.2, -0.15) is 0 Å². The molecule has 0 aromatic heterocycles. The quantitative estimate of drug-likeness (QED) is 0.446. The van der Waals surface area contributed by atoms with Crippen LogP contribution in [0, 0.1) is 6.92 Å². The lowest BCUT2D eigenvalue weighted by Gasteiger charge is -2.35. The van der Waals surface area contributed by atoms with Gasteiger partial charge in [0.05, 0.1) is 18.1 Å². The molecular formula is C19H24N2O8S. The van der Waals surface area contributed by atoms with Crippen LogP contribution < -0.4 is 5.32 Å². The van der Waals surface area contributed by atoms with Crippen molar-refractivity contribution < 1.29 is 37.1 Å². The smallest absolute Gasteiger partial charge is 0.323 e. The number of aryl methyl sites for hydroxylation is 1. The Morgan fingerprint density at radius 2 is 1.67 bits per heavy atom. The summed E-state index contributed by atoms with van der Waals surface area (Å²) >= 11 is 0. The predicted molar refractivity (Wildman–Crippen MR) is 104 cm³/mol. The molecule has 0 radical (unpaired) electrons. The number of esters is 1. The molecule has 0 bridgehead atoms. The summed E-state index contributed by atoms with van der Waals surface area (Å²) in [5.41, 5.74) is -1.97. The first-order chi connectivity index (χ1) is 14.0. The number of nitrogens with one attached hydrogen (secondary N) is 1. The number of hydrogen-bond donors (Lipinski definition) is 1. The van der Waals surface area contributed by atoms with E-state index in [0.717, 1.165) is 19.4 Å². The van der Waals surface area contributed by atoms with Crippen molar-refractivity contribution in [1.29, 1.82) is 0 Å². The van der Waals surface area contributed by atoms with Crippen LogP contribution in [0.4, 0.5) is 0 Å². The zero-order chi connectivity index (χ0) is 22.5. The second-order valence-electron chi connectivity index (χ2n) is 6.81. The Labute approximate surface area is 174 Å². The molecule has 0 aliphatic carbocycles. The Bertz CT molecular complexity index is 936. The van der Waals surface area contributed by atoms with Crippen LogP contribution >= 0.6 is 0 Å². The van der Waals surface area contributed by atoms with Gasteiger partial charge in [-0.3, -0.25) is 19.2 Å². The minimum absolute atomic E-state index is 0.0474. The minimum Gasteiger partial charge on any atom is -0.430 e. The SMILES string of the molecule is CC(=O)OC(C(C)=O)(C(=O)NCS(=O)(=O)c1ccc(C)cc1)C(=O)N1CCOCC1. The van der Waals surface area contributed by atoms with E-state index in [-0.39, 0.29) is 31.2 Å². The lowest BCUT2D eigenvalue weighted by molar-refractivity contribution is -0.182. The molecule has 0 spiro atoms. The van der Waals surface area contributed by atoms with Gasteiger partial charge in [-0.15, -0.1) is 0 Å².